The van der Waals surface area contributed by atoms with Gasteiger partial charge in [-0.05, 0) is 0 Å². The van der Waals surface area contributed by atoms with Crippen LogP contribution in [0.15, 0.2) is 0 Å². The maximum Gasteiger partial charge on any atom is 0.761 e. The average molecular weight is 252 g/mol. The molecule has 0 aromatic carbocycles. The van der Waals surface area contributed by atoms with Crippen LogP contribution in [0, 0.1) is 0 Å². The zero-order chi connectivity index (χ0) is 12.1. The summed E-state index contributed by atoms with van der Waals surface area (Å²) in [5.41, 5.74) is 0. The topological polar surface area (TPSA) is 100 Å². The van der Waals surface area contributed by atoms with Crippen molar-refractivity contribution < 1.29 is 23.5 Å². The van der Waals surface area contributed by atoms with E-state index in [1.807, 2.05) is 0 Å². The summed E-state index contributed by atoms with van der Waals surface area (Å²) in [6.45, 7) is 7.67. The standard InChI is InChI=1S/2C4H9NO.H2O3Si/c2*1-3-6-4-2-5-1;1-4(2)3/h2*5H,1-4H2;1-2H. The number of hydrogen-bond donors (Lipinski definition) is 4. The average Bonchev–Trinajstić information content (AvgIpc) is 2.34. The van der Waals surface area contributed by atoms with Crippen molar-refractivity contribution in [3.63, 3.8) is 0 Å². The Morgan fingerprint density at radius 1 is 0.812 bits per heavy atom. The predicted molar refractivity (Wildman–Crippen MR) is 58.3 cm³/mol. The number of ether oxygens (including phenoxy) is 2. The molecule has 2 fully saturated rings. The van der Waals surface area contributed by atoms with E-state index in [2.05, 4.69) is 10.6 Å². The van der Waals surface area contributed by atoms with Crippen LogP contribution in [0.3, 0.4) is 0 Å². The van der Waals surface area contributed by atoms with E-state index in [0.717, 1.165) is 52.6 Å². The highest BCUT2D eigenvalue weighted by atomic mass is 28.3. The molecule has 2 aliphatic rings. The minimum atomic E-state index is -3.13. The smallest absolute Gasteiger partial charge is 0.511 e. The molecule has 0 aliphatic carbocycles. The highest BCUT2D eigenvalue weighted by molar-refractivity contribution is 6.22. The molecule has 16 heavy (non-hydrogen) atoms. The Labute approximate surface area is 96.7 Å². The fourth-order valence-corrected chi connectivity index (χ4v) is 1.03. The molecule has 0 saturated carbocycles. The van der Waals surface area contributed by atoms with Crippen LogP contribution in [0.5, 0.6) is 0 Å². The van der Waals surface area contributed by atoms with Gasteiger partial charge in [0, 0.05) is 26.2 Å². The lowest BCUT2D eigenvalue weighted by molar-refractivity contribution is 0.109. The van der Waals surface area contributed by atoms with Crippen LogP contribution >= 0.6 is 0 Å². The molecular formula is C8H20N2O5Si. The number of nitrogens with one attached hydrogen (secondary N) is 2. The van der Waals surface area contributed by atoms with Gasteiger partial charge >= 0.3 is 9.17 Å². The Morgan fingerprint density at radius 2 is 1.06 bits per heavy atom. The first-order chi connectivity index (χ1) is 7.73. The third kappa shape index (κ3) is 15.9. The maximum absolute atomic E-state index is 8.74. The van der Waals surface area contributed by atoms with Gasteiger partial charge in [-0.3, -0.25) is 4.46 Å². The molecule has 4 N–H and O–H groups in total. The van der Waals surface area contributed by atoms with Crippen molar-refractivity contribution in [2.24, 2.45) is 0 Å². The van der Waals surface area contributed by atoms with E-state index in [4.69, 9.17) is 23.5 Å². The Hall–Kier alpha value is -0.543. The number of morpholine rings is 2. The van der Waals surface area contributed by atoms with Gasteiger partial charge in [0.05, 0.1) is 26.4 Å². The summed E-state index contributed by atoms with van der Waals surface area (Å²) in [6, 6.07) is 0. The fraction of sp³-hybridized carbons (Fsp3) is 1.00. The first kappa shape index (κ1) is 15.5. The summed E-state index contributed by atoms with van der Waals surface area (Å²) in [5, 5.41) is 6.32. The molecule has 2 aliphatic heterocycles. The van der Waals surface area contributed by atoms with Gasteiger partial charge in [-0.1, -0.05) is 0 Å². The summed E-state index contributed by atoms with van der Waals surface area (Å²) < 4.78 is 18.8. The fourth-order valence-electron chi connectivity index (χ4n) is 1.03. The molecule has 2 heterocycles. The lowest BCUT2D eigenvalue weighted by Crippen LogP contribution is -2.30. The van der Waals surface area contributed by atoms with E-state index in [-0.39, 0.29) is 0 Å². The van der Waals surface area contributed by atoms with Crippen molar-refractivity contribution in [2.45, 2.75) is 0 Å². The molecule has 0 unspecified atom stereocenters. The Kier molecular flexibility index (Phi) is 12.1. The first-order valence-corrected chi connectivity index (χ1v) is 6.52. The van der Waals surface area contributed by atoms with Gasteiger partial charge in [-0.2, -0.15) is 0 Å². The minimum absolute atomic E-state index is 0.889. The van der Waals surface area contributed by atoms with Gasteiger partial charge in [0.25, 0.3) is 0 Å². The summed E-state index contributed by atoms with van der Waals surface area (Å²) >= 11 is 0. The molecule has 0 spiro atoms. The van der Waals surface area contributed by atoms with Crippen molar-refractivity contribution >= 4 is 9.17 Å². The highest BCUT2D eigenvalue weighted by Gasteiger charge is 1.93. The van der Waals surface area contributed by atoms with Crippen LogP contribution in [-0.2, 0) is 13.9 Å². The Morgan fingerprint density at radius 3 is 1.12 bits per heavy atom. The molecule has 0 aromatic rings. The molecule has 0 aromatic heterocycles. The molecule has 8 heteroatoms. The van der Waals surface area contributed by atoms with Crippen LogP contribution in [0.2, 0.25) is 0 Å². The molecule has 96 valence electrons. The van der Waals surface area contributed by atoms with Crippen molar-refractivity contribution in [3.8, 4) is 0 Å². The third-order valence-electron chi connectivity index (χ3n) is 1.69. The third-order valence-corrected chi connectivity index (χ3v) is 1.69. The second kappa shape index (κ2) is 12.5. The van der Waals surface area contributed by atoms with Crippen molar-refractivity contribution in [1.82, 2.24) is 10.6 Å². The number of hydrogen-bond acceptors (Lipinski definition) is 5. The molecule has 2 rings (SSSR count). The minimum Gasteiger partial charge on any atom is -0.511 e. The summed E-state index contributed by atoms with van der Waals surface area (Å²) in [4.78, 5) is 14.3. The van der Waals surface area contributed by atoms with Crippen LogP contribution in [0.25, 0.3) is 0 Å². The van der Waals surface area contributed by atoms with Crippen molar-refractivity contribution in [2.75, 3.05) is 52.6 Å². The van der Waals surface area contributed by atoms with E-state index in [1.54, 1.807) is 0 Å². The Balaban J connectivity index is 0.000000217. The summed E-state index contributed by atoms with van der Waals surface area (Å²) in [5.74, 6) is 0. The molecule has 0 amide bonds. The molecule has 0 atom stereocenters. The molecule has 0 radical (unpaired) electrons. The van der Waals surface area contributed by atoms with Crippen LogP contribution < -0.4 is 10.6 Å². The second-order valence-electron chi connectivity index (χ2n) is 3.01. The van der Waals surface area contributed by atoms with Crippen LogP contribution in [0.4, 0.5) is 0 Å². The van der Waals surface area contributed by atoms with E-state index >= 15 is 0 Å². The lowest BCUT2D eigenvalue weighted by atomic mass is 10.5. The predicted octanol–water partition coefficient (Wildman–Crippen LogP) is -2.40. The monoisotopic (exact) mass is 252 g/mol. The van der Waals surface area contributed by atoms with Crippen LogP contribution in [0.1, 0.15) is 0 Å². The van der Waals surface area contributed by atoms with Crippen molar-refractivity contribution in [3.05, 3.63) is 0 Å². The number of rotatable bonds is 0. The second-order valence-corrected chi connectivity index (χ2v) is 3.57. The zero-order valence-electron chi connectivity index (χ0n) is 9.28. The first-order valence-electron chi connectivity index (χ1n) is 5.22. The van der Waals surface area contributed by atoms with Crippen molar-refractivity contribution in [1.29, 1.82) is 0 Å². The molecule has 2 saturated heterocycles. The SMILES string of the molecule is C1COCCN1.C1COCCN1.O=[Si](O)O. The summed E-state index contributed by atoms with van der Waals surface area (Å²) in [7, 11) is -3.13. The molecule has 0 bridgehead atoms. The van der Waals surface area contributed by atoms with Gasteiger partial charge in [0.2, 0.25) is 0 Å². The normalized spacial score (nSPS) is 19.5. The van der Waals surface area contributed by atoms with Gasteiger partial charge in [0.15, 0.2) is 0 Å². The van der Waals surface area contributed by atoms with Gasteiger partial charge in [0.1, 0.15) is 0 Å². The van der Waals surface area contributed by atoms with Gasteiger partial charge in [-0.25, -0.2) is 0 Å². The maximum atomic E-state index is 8.74. The Bertz CT molecular complexity index is 125. The molecular weight excluding hydrogens is 232 g/mol. The lowest BCUT2D eigenvalue weighted by Gasteiger charge is -2.10. The highest BCUT2D eigenvalue weighted by Crippen LogP contribution is 1.77. The van der Waals surface area contributed by atoms with E-state index in [1.165, 1.54) is 0 Å². The van der Waals surface area contributed by atoms with Gasteiger partial charge < -0.3 is 29.7 Å². The molecule has 7 nitrogen and oxygen atoms in total. The summed E-state index contributed by atoms with van der Waals surface area (Å²) in [6.07, 6.45) is 0. The van der Waals surface area contributed by atoms with Crippen LogP contribution in [-0.4, -0.2) is 71.4 Å². The quantitative estimate of drug-likeness (QED) is 0.357. The zero-order valence-corrected chi connectivity index (χ0v) is 10.3. The van der Waals surface area contributed by atoms with E-state index < -0.39 is 9.17 Å². The van der Waals surface area contributed by atoms with E-state index in [0.29, 0.717) is 0 Å². The van der Waals surface area contributed by atoms with E-state index in [9.17, 15) is 0 Å². The largest absolute Gasteiger partial charge is 0.761 e. The van der Waals surface area contributed by atoms with Gasteiger partial charge in [-0.15, -0.1) is 0 Å².